The Morgan fingerprint density at radius 1 is 1.07 bits per heavy atom. The summed E-state index contributed by atoms with van der Waals surface area (Å²) < 4.78 is 35.6. The smallest absolute Gasteiger partial charge is 0.407 e. The molecule has 2 aromatic rings. The van der Waals surface area contributed by atoms with Gasteiger partial charge in [0, 0.05) is 30.8 Å². The molecule has 0 spiro atoms. The summed E-state index contributed by atoms with van der Waals surface area (Å²) in [6.45, 7) is 7.13. The molecule has 43 heavy (non-hydrogen) atoms. The van der Waals surface area contributed by atoms with Crippen LogP contribution in [0.2, 0.25) is 0 Å². The van der Waals surface area contributed by atoms with Gasteiger partial charge in [0.05, 0.1) is 5.56 Å². The van der Waals surface area contributed by atoms with E-state index >= 15 is 4.39 Å². The lowest BCUT2D eigenvalue weighted by Crippen LogP contribution is -2.58. The first-order valence-electron chi connectivity index (χ1n) is 14.5. The minimum absolute atomic E-state index is 0.137. The predicted octanol–water partition coefficient (Wildman–Crippen LogP) is 4.95. The molecule has 4 N–H and O–H groups in total. The second-order valence-electron chi connectivity index (χ2n) is 12.7. The van der Waals surface area contributed by atoms with Crippen LogP contribution >= 0.6 is 0 Å². The molecular formula is C32H39F2N3O6. The lowest BCUT2D eigenvalue weighted by Gasteiger charge is -2.40. The number of likely N-dealkylation sites (tertiary alicyclic amines) is 1. The number of carboxylic acid groups (broad SMARTS) is 1. The largest absolute Gasteiger partial charge is 0.478 e. The van der Waals surface area contributed by atoms with Crippen molar-refractivity contribution < 1.29 is 37.8 Å². The third-order valence-electron chi connectivity index (χ3n) is 8.70. The standard InChI is InChI=1S/C32H39F2N3O6/c1-31(2,3)43-30(42)36-16-18-10-12-20(13-11-18)27(38)37-17-24(22-14-21(33)15-23(26(22)34)28(39)40)25(32(37,4)29(35)41)19-8-6-5-7-9-19/h5-9,14-15,18,20,24-25H,10-13,16-17H2,1-4H3,(H2,35,41)(H,36,42)(H,39,40)/t18-,20-,24?,25-,32-/m0/s1. The Morgan fingerprint density at radius 2 is 1.70 bits per heavy atom. The van der Waals surface area contributed by atoms with E-state index in [0.29, 0.717) is 43.9 Å². The molecule has 2 fully saturated rings. The van der Waals surface area contributed by atoms with Crippen LogP contribution in [-0.2, 0) is 14.3 Å². The summed E-state index contributed by atoms with van der Waals surface area (Å²) in [4.78, 5) is 52.5. The third-order valence-corrected chi connectivity index (χ3v) is 8.70. The summed E-state index contributed by atoms with van der Waals surface area (Å²) in [6.07, 6.45) is 1.80. The molecule has 2 aromatic carbocycles. The van der Waals surface area contributed by atoms with E-state index in [1.165, 1.54) is 11.8 Å². The normalized spacial score (nSPS) is 25.7. The summed E-state index contributed by atoms with van der Waals surface area (Å²) >= 11 is 0. The zero-order valence-corrected chi connectivity index (χ0v) is 24.9. The Bertz CT molecular complexity index is 1390. The van der Waals surface area contributed by atoms with Gasteiger partial charge in [-0.25, -0.2) is 18.4 Å². The van der Waals surface area contributed by atoms with Gasteiger partial charge in [-0.05, 0) is 82.6 Å². The van der Waals surface area contributed by atoms with Crippen molar-refractivity contribution in [2.75, 3.05) is 13.1 Å². The number of ether oxygens (including phenoxy) is 1. The highest BCUT2D eigenvalue weighted by Gasteiger charge is 2.58. The zero-order valence-electron chi connectivity index (χ0n) is 24.9. The van der Waals surface area contributed by atoms with Crippen LogP contribution in [0.25, 0.3) is 0 Å². The molecule has 1 aliphatic heterocycles. The average molecular weight is 600 g/mol. The van der Waals surface area contributed by atoms with E-state index < -0.39 is 64.1 Å². The van der Waals surface area contributed by atoms with Crippen LogP contribution in [0.3, 0.4) is 0 Å². The SMILES string of the molecule is CC(C)(C)OC(=O)NC[C@H]1CC[C@H](C(=O)N2CC(c3cc(F)cc(C(=O)O)c3F)[C@H](c3ccccc3)[C@@]2(C)C(N)=O)CC1. The number of rotatable bonds is 7. The number of nitrogens with one attached hydrogen (secondary N) is 1. The minimum atomic E-state index is -1.63. The zero-order chi connectivity index (χ0) is 31.7. The van der Waals surface area contributed by atoms with Crippen molar-refractivity contribution in [2.45, 2.75) is 76.4 Å². The third kappa shape index (κ3) is 6.65. The topological polar surface area (TPSA) is 139 Å². The van der Waals surface area contributed by atoms with Gasteiger partial charge in [-0.3, -0.25) is 9.59 Å². The van der Waals surface area contributed by atoms with Gasteiger partial charge >= 0.3 is 12.1 Å². The van der Waals surface area contributed by atoms with Crippen LogP contribution in [0, 0.1) is 23.5 Å². The number of amides is 3. The first-order valence-corrected chi connectivity index (χ1v) is 14.5. The first-order chi connectivity index (χ1) is 20.1. The Hall–Kier alpha value is -4.02. The molecule has 3 amide bonds. The van der Waals surface area contributed by atoms with Crippen molar-refractivity contribution in [2.24, 2.45) is 17.6 Å². The molecule has 1 saturated carbocycles. The van der Waals surface area contributed by atoms with Gasteiger partial charge in [-0.1, -0.05) is 30.3 Å². The van der Waals surface area contributed by atoms with Crippen molar-refractivity contribution in [3.05, 3.63) is 70.8 Å². The number of benzene rings is 2. The fraction of sp³-hybridized carbons (Fsp3) is 0.500. The van der Waals surface area contributed by atoms with E-state index in [-0.39, 0.29) is 23.9 Å². The predicted molar refractivity (Wildman–Crippen MR) is 154 cm³/mol. The van der Waals surface area contributed by atoms with Crippen LogP contribution in [-0.4, -0.2) is 58.1 Å². The molecule has 1 unspecified atom stereocenters. The number of halogens is 2. The average Bonchev–Trinajstić information content (AvgIpc) is 3.26. The quantitative estimate of drug-likeness (QED) is 0.412. The maximum atomic E-state index is 15.6. The molecule has 0 aromatic heterocycles. The summed E-state index contributed by atoms with van der Waals surface area (Å²) in [5.41, 5.74) is 3.29. The van der Waals surface area contributed by atoms with Gasteiger partial charge in [0.25, 0.3) is 0 Å². The molecule has 0 bridgehead atoms. The highest BCUT2D eigenvalue weighted by Crippen LogP contribution is 2.52. The van der Waals surface area contributed by atoms with Crippen LogP contribution in [0.5, 0.6) is 0 Å². The van der Waals surface area contributed by atoms with Crippen molar-refractivity contribution in [1.82, 2.24) is 10.2 Å². The minimum Gasteiger partial charge on any atom is -0.478 e. The molecule has 1 heterocycles. The van der Waals surface area contributed by atoms with Crippen LogP contribution in [0.4, 0.5) is 13.6 Å². The van der Waals surface area contributed by atoms with E-state index in [9.17, 15) is 28.7 Å². The number of nitrogens with zero attached hydrogens (tertiary/aromatic N) is 1. The number of hydrogen-bond donors (Lipinski definition) is 3. The van der Waals surface area contributed by atoms with E-state index in [0.717, 1.165) is 6.07 Å². The molecular weight excluding hydrogens is 560 g/mol. The van der Waals surface area contributed by atoms with Gasteiger partial charge in [-0.15, -0.1) is 0 Å². The number of aromatic carboxylic acids is 1. The molecule has 9 nitrogen and oxygen atoms in total. The maximum Gasteiger partial charge on any atom is 0.407 e. The molecule has 1 saturated heterocycles. The van der Waals surface area contributed by atoms with Gasteiger partial charge in [0.2, 0.25) is 11.8 Å². The van der Waals surface area contributed by atoms with E-state index in [1.807, 2.05) is 0 Å². The van der Waals surface area contributed by atoms with E-state index in [4.69, 9.17) is 10.5 Å². The number of carbonyl (C=O) groups excluding carboxylic acids is 3. The summed E-state index contributed by atoms with van der Waals surface area (Å²) in [7, 11) is 0. The Labute approximate surface area is 249 Å². The monoisotopic (exact) mass is 599 g/mol. The van der Waals surface area contributed by atoms with E-state index in [2.05, 4.69) is 5.32 Å². The maximum absolute atomic E-state index is 15.6. The second kappa shape index (κ2) is 12.3. The number of nitrogens with two attached hydrogens (primary N) is 1. The van der Waals surface area contributed by atoms with Crippen LogP contribution < -0.4 is 11.1 Å². The number of primary amides is 1. The Kier molecular flexibility index (Phi) is 9.13. The van der Waals surface area contributed by atoms with Gasteiger partial charge in [-0.2, -0.15) is 0 Å². The number of carbonyl (C=O) groups is 4. The van der Waals surface area contributed by atoms with Crippen molar-refractivity contribution >= 4 is 23.9 Å². The number of carboxylic acids is 1. The van der Waals surface area contributed by atoms with Crippen LogP contribution in [0.1, 0.15) is 86.7 Å². The molecule has 11 heteroatoms. The highest BCUT2D eigenvalue weighted by molar-refractivity contribution is 5.93. The molecule has 2 aliphatic rings. The molecule has 3 atom stereocenters. The molecule has 1 aliphatic carbocycles. The molecule has 0 radical (unpaired) electrons. The second-order valence-corrected chi connectivity index (χ2v) is 12.7. The first kappa shape index (κ1) is 31.9. The summed E-state index contributed by atoms with van der Waals surface area (Å²) in [6, 6.07) is 10.2. The Morgan fingerprint density at radius 3 is 2.26 bits per heavy atom. The molecule has 232 valence electrons. The number of alkyl carbamates (subject to hydrolysis) is 1. The van der Waals surface area contributed by atoms with Crippen molar-refractivity contribution in [3.8, 4) is 0 Å². The summed E-state index contributed by atoms with van der Waals surface area (Å²) in [5, 5.41) is 12.3. The van der Waals surface area contributed by atoms with Crippen molar-refractivity contribution in [1.29, 1.82) is 0 Å². The number of hydrogen-bond acceptors (Lipinski definition) is 5. The van der Waals surface area contributed by atoms with Gasteiger partial charge in [0.15, 0.2) is 0 Å². The van der Waals surface area contributed by atoms with Gasteiger partial charge in [0.1, 0.15) is 22.8 Å². The fourth-order valence-corrected chi connectivity index (χ4v) is 6.56. The fourth-order valence-electron chi connectivity index (χ4n) is 6.56. The summed E-state index contributed by atoms with van der Waals surface area (Å²) in [5.74, 6) is -6.94. The van der Waals surface area contributed by atoms with Crippen LogP contribution in [0.15, 0.2) is 42.5 Å². The highest BCUT2D eigenvalue weighted by atomic mass is 19.1. The Balaban J connectivity index is 1.62. The molecule has 4 rings (SSSR count). The lowest BCUT2D eigenvalue weighted by atomic mass is 9.73. The van der Waals surface area contributed by atoms with Crippen molar-refractivity contribution in [3.63, 3.8) is 0 Å². The van der Waals surface area contributed by atoms with Gasteiger partial charge < -0.3 is 25.8 Å². The lowest BCUT2D eigenvalue weighted by molar-refractivity contribution is -0.147. The van der Waals surface area contributed by atoms with E-state index in [1.54, 1.807) is 51.1 Å².